The Morgan fingerprint density at radius 1 is 1.31 bits per heavy atom. The van der Waals surface area contributed by atoms with Crippen LogP contribution in [0.15, 0.2) is 41.6 Å². The predicted octanol–water partition coefficient (Wildman–Crippen LogP) is 1.98. The molecule has 11 heteroatoms. The summed E-state index contributed by atoms with van der Waals surface area (Å²) in [6, 6.07) is 6.46. The molecule has 2 N–H and O–H groups in total. The number of aromatic nitrogens is 2. The molecule has 1 aliphatic heterocycles. The van der Waals surface area contributed by atoms with Crippen molar-refractivity contribution in [3.05, 3.63) is 53.1 Å². The van der Waals surface area contributed by atoms with Gasteiger partial charge in [0.15, 0.2) is 0 Å². The summed E-state index contributed by atoms with van der Waals surface area (Å²) in [7, 11) is -2.28. The minimum Gasteiger partial charge on any atom is -0.390 e. The predicted molar refractivity (Wildman–Crippen MR) is 105 cm³/mol. The van der Waals surface area contributed by atoms with Gasteiger partial charge < -0.3 is 15.0 Å². The van der Waals surface area contributed by atoms with E-state index in [9.17, 15) is 22.7 Å². The second-order valence-electron chi connectivity index (χ2n) is 6.76. The fourth-order valence-corrected chi connectivity index (χ4v) is 5.07. The van der Waals surface area contributed by atoms with E-state index >= 15 is 0 Å². The number of carbonyl (C=O) groups excluding carboxylic acids is 1. The molecule has 0 aliphatic carbocycles. The minimum absolute atomic E-state index is 0.00776. The molecule has 0 atom stereocenters. The number of aryl methyl sites for hydroxylation is 1. The van der Waals surface area contributed by atoms with Crippen molar-refractivity contribution < 1.29 is 22.7 Å². The lowest BCUT2D eigenvalue weighted by Crippen LogP contribution is -2.53. The van der Waals surface area contributed by atoms with Crippen LogP contribution in [0.2, 0.25) is 5.02 Å². The van der Waals surface area contributed by atoms with Gasteiger partial charge in [-0.1, -0.05) is 11.6 Å². The topological polar surface area (TPSA) is 105 Å². The summed E-state index contributed by atoms with van der Waals surface area (Å²) < 4.78 is 42.1. The average molecular weight is 439 g/mol. The van der Waals surface area contributed by atoms with Gasteiger partial charge in [0.05, 0.1) is 28.5 Å². The monoisotopic (exact) mass is 438 g/mol. The standard InChI is InChI=1S/C18H16ClFN4O4S/c1-23-9-21-15-4-10(18(26)22-11-2-3-14(20)13(19)6-11)5-16(17(15)23)29(27,28)24-7-12(25)8-24/h2-6,9,12,25H,7-8H2,1H3,(H,22,26). The third kappa shape index (κ3) is 3.48. The van der Waals surface area contributed by atoms with Crippen molar-refractivity contribution in [3.63, 3.8) is 0 Å². The van der Waals surface area contributed by atoms with Crippen molar-refractivity contribution in [2.45, 2.75) is 11.0 Å². The number of aliphatic hydroxyl groups excluding tert-OH is 1. The molecule has 3 aromatic rings. The van der Waals surface area contributed by atoms with Gasteiger partial charge in [0.25, 0.3) is 5.91 Å². The van der Waals surface area contributed by atoms with E-state index in [0.29, 0.717) is 11.0 Å². The zero-order valence-electron chi connectivity index (χ0n) is 15.1. The van der Waals surface area contributed by atoms with Crippen molar-refractivity contribution >= 4 is 44.3 Å². The quantitative estimate of drug-likeness (QED) is 0.648. The molecule has 0 radical (unpaired) electrons. The normalized spacial score (nSPS) is 15.4. The van der Waals surface area contributed by atoms with E-state index in [1.807, 2.05) is 0 Å². The van der Waals surface area contributed by atoms with Crippen molar-refractivity contribution in [1.82, 2.24) is 13.9 Å². The maximum atomic E-state index is 13.3. The molecule has 29 heavy (non-hydrogen) atoms. The fraction of sp³-hybridized carbons (Fsp3) is 0.222. The van der Waals surface area contributed by atoms with E-state index in [1.54, 1.807) is 11.6 Å². The molecular formula is C18H16ClFN4O4S. The molecule has 2 heterocycles. The number of amides is 1. The van der Waals surface area contributed by atoms with Crippen molar-refractivity contribution in [2.75, 3.05) is 18.4 Å². The Hall–Kier alpha value is -2.53. The number of anilines is 1. The minimum atomic E-state index is -3.93. The maximum absolute atomic E-state index is 13.3. The number of sulfonamides is 1. The van der Waals surface area contributed by atoms with Crippen LogP contribution in [-0.4, -0.2) is 52.5 Å². The number of β-amino-alcohol motifs (C(OH)–C–C–N with tert-alkyl or cyclic N) is 1. The number of fused-ring (bicyclic) bond motifs is 1. The molecule has 2 aromatic carbocycles. The summed E-state index contributed by atoms with van der Waals surface area (Å²) in [5.74, 6) is -1.22. The number of nitrogens with zero attached hydrogens (tertiary/aromatic N) is 3. The third-order valence-electron chi connectivity index (χ3n) is 4.66. The smallest absolute Gasteiger partial charge is 0.255 e. The van der Waals surface area contributed by atoms with Crippen LogP contribution in [0.25, 0.3) is 11.0 Å². The lowest BCUT2D eigenvalue weighted by Gasteiger charge is -2.34. The number of hydrogen-bond acceptors (Lipinski definition) is 5. The second-order valence-corrected chi connectivity index (χ2v) is 9.07. The van der Waals surface area contributed by atoms with E-state index < -0.39 is 27.9 Å². The van der Waals surface area contributed by atoms with E-state index in [2.05, 4.69) is 10.3 Å². The lowest BCUT2D eigenvalue weighted by molar-refractivity contribution is 0.0548. The molecule has 152 valence electrons. The van der Waals surface area contributed by atoms with Gasteiger partial charge in [-0.15, -0.1) is 0 Å². The highest BCUT2D eigenvalue weighted by atomic mass is 35.5. The summed E-state index contributed by atoms with van der Waals surface area (Å²) in [4.78, 5) is 16.8. The molecule has 4 rings (SSSR count). The van der Waals surface area contributed by atoms with E-state index in [-0.39, 0.29) is 34.3 Å². The third-order valence-corrected chi connectivity index (χ3v) is 6.80. The molecule has 1 amide bonds. The van der Waals surface area contributed by atoms with Gasteiger partial charge in [-0.3, -0.25) is 4.79 Å². The Kier molecular flexibility index (Phi) is 4.82. The highest BCUT2D eigenvalue weighted by molar-refractivity contribution is 7.89. The Bertz CT molecular complexity index is 1240. The number of hydrogen-bond donors (Lipinski definition) is 2. The number of aliphatic hydroxyl groups is 1. The number of carbonyl (C=O) groups is 1. The number of benzene rings is 2. The zero-order chi connectivity index (χ0) is 20.9. The van der Waals surface area contributed by atoms with Crippen molar-refractivity contribution in [2.24, 2.45) is 7.05 Å². The number of rotatable bonds is 4. The molecule has 1 saturated heterocycles. The van der Waals surface area contributed by atoms with Gasteiger partial charge in [-0.25, -0.2) is 17.8 Å². The highest BCUT2D eigenvalue weighted by Gasteiger charge is 2.37. The first kappa shape index (κ1) is 19.8. The molecule has 0 spiro atoms. The van der Waals surface area contributed by atoms with Crippen LogP contribution in [-0.2, 0) is 17.1 Å². The fourth-order valence-electron chi connectivity index (χ4n) is 3.11. The summed E-state index contributed by atoms with van der Waals surface area (Å²) in [5, 5.41) is 11.9. The Morgan fingerprint density at radius 2 is 2.03 bits per heavy atom. The molecule has 0 saturated carbocycles. The largest absolute Gasteiger partial charge is 0.390 e. The summed E-state index contributed by atoms with van der Waals surface area (Å²) >= 11 is 5.73. The van der Waals surface area contributed by atoms with Crippen LogP contribution in [0, 0.1) is 5.82 Å². The summed E-state index contributed by atoms with van der Waals surface area (Å²) in [5.41, 5.74) is 1.01. The van der Waals surface area contributed by atoms with Gasteiger partial charge in [-0.2, -0.15) is 4.31 Å². The van der Waals surface area contributed by atoms with Crippen LogP contribution < -0.4 is 5.32 Å². The number of nitrogens with one attached hydrogen (secondary N) is 1. The van der Waals surface area contributed by atoms with Gasteiger partial charge in [0.1, 0.15) is 10.7 Å². The SMILES string of the molecule is Cn1cnc2cc(C(=O)Nc3ccc(F)c(Cl)c3)cc(S(=O)(=O)N3CC(O)C3)c21. The highest BCUT2D eigenvalue weighted by Crippen LogP contribution is 2.30. The Morgan fingerprint density at radius 3 is 2.69 bits per heavy atom. The van der Waals surface area contributed by atoms with Crippen LogP contribution in [0.4, 0.5) is 10.1 Å². The molecule has 0 bridgehead atoms. The van der Waals surface area contributed by atoms with E-state index in [4.69, 9.17) is 11.6 Å². The lowest BCUT2D eigenvalue weighted by atomic mass is 10.1. The Labute approximate surface area is 170 Å². The van der Waals surface area contributed by atoms with Crippen LogP contribution in [0.1, 0.15) is 10.4 Å². The van der Waals surface area contributed by atoms with Gasteiger partial charge in [-0.05, 0) is 30.3 Å². The molecule has 8 nitrogen and oxygen atoms in total. The second kappa shape index (κ2) is 7.06. The molecule has 1 aromatic heterocycles. The Balaban J connectivity index is 1.76. The molecule has 0 unspecified atom stereocenters. The van der Waals surface area contributed by atoms with Gasteiger partial charge in [0, 0.05) is 31.4 Å². The summed E-state index contributed by atoms with van der Waals surface area (Å²) in [6.45, 7) is -0.0155. The zero-order valence-corrected chi connectivity index (χ0v) is 16.7. The number of halogens is 2. The first-order valence-electron chi connectivity index (χ1n) is 8.56. The number of imidazole rings is 1. The van der Waals surface area contributed by atoms with Crippen LogP contribution in [0.3, 0.4) is 0 Å². The van der Waals surface area contributed by atoms with E-state index in [1.165, 1.54) is 30.6 Å². The molecular weight excluding hydrogens is 423 g/mol. The van der Waals surface area contributed by atoms with Crippen LogP contribution in [0.5, 0.6) is 0 Å². The van der Waals surface area contributed by atoms with E-state index in [0.717, 1.165) is 10.4 Å². The maximum Gasteiger partial charge on any atom is 0.255 e. The van der Waals surface area contributed by atoms with Crippen molar-refractivity contribution in [3.8, 4) is 0 Å². The first-order chi connectivity index (χ1) is 13.7. The van der Waals surface area contributed by atoms with Gasteiger partial charge in [0.2, 0.25) is 10.0 Å². The average Bonchev–Trinajstić information content (AvgIpc) is 3.02. The first-order valence-corrected chi connectivity index (χ1v) is 10.4. The van der Waals surface area contributed by atoms with Crippen LogP contribution >= 0.6 is 11.6 Å². The summed E-state index contributed by atoms with van der Waals surface area (Å²) in [6.07, 6.45) is 0.747. The molecule has 1 fully saturated rings. The molecule has 1 aliphatic rings. The van der Waals surface area contributed by atoms with Gasteiger partial charge >= 0.3 is 0 Å². The van der Waals surface area contributed by atoms with Crippen molar-refractivity contribution in [1.29, 1.82) is 0 Å².